The molecule has 0 saturated carbocycles. The molecule has 6 nitrogen and oxygen atoms in total. The van der Waals surface area contributed by atoms with Gasteiger partial charge in [0.05, 0.1) is 0 Å². The van der Waals surface area contributed by atoms with E-state index in [-0.39, 0.29) is 0 Å². The fraction of sp³-hybridized carbons (Fsp3) is 0.316. The first-order valence-electron chi connectivity index (χ1n) is 8.97. The second-order valence-electron chi connectivity index (χ2n) is 6.73. The predicted molar refractivity (Wildman–Crippen MR) is 100 cm³/mol. The fourth-order valence-electron chi connectivity index (χ4n) is 3.41. The molecule has 0 amide bonds. The van der Waals surface area contributed by atoms with Gasteiger partial charge in [-0.25, -0.2) is 0 Å². The van der Waals surface area contributed by atoms with Gasteiger partial charge in [0.15, 0.2) is 6.67 Å². The Bertz CT molecular complexity index is 885. The van der Waals surface area contributed by atoms with Crippen molar-refractivity contribution in [3.05, 3.63) is 65.3 Å². The number of nitrogens with zero attached hydrogens (tertiary/aromatic N) is 3. The monoisotopic (exact) mass is 369 g/mol. The lowest BCUT2D eigenvalue weighted by molar-refractivity contribution is -1.03. The van der Waals surface area contributed by atoms with Crippen LogP contribution in [-0.4, -0.2) is 40.9 Å². The van der Waals surface area contributed by atoms with Crippen LogP contribution in [0.3, 0.4) is 0 Å². The maximum atomic E-state index is 5.66. The molecule has 0 aliphatic carbocycles. The van der Waals surface area contributed by atoms with Crippen molar-refractivity contribution in [2.24, 2.45) is 0 Å². The number of benzene rings is 1. The molecule has 1 saturated heterocycles. The standard InChI is InChI=1S/C19H21N5OS/c26-19-24(21-18(25-19)17-6-8-20-9-7-17)15-23-12-10-22(11-13-23)14-16-4-2-1-3-5-16/h1-9H,10-15H2/p+2. The molecule has 0 spiro atoms. The van der Waals surface area contributed by atoms with E-state index < -0.39 is 0 Å². The minimum absolute atomic E-state index is 0.434. The molecule has 0 bridgehead atoms. The van der Waals surface area contributed by atoms with Crippen LogP contribution in [0.4, 0.5) is 0 Å². The van der Waals surface area contributed by atoms with Crippen LogP contribution < -0.4 is 9.80 Å². The predicted octanol–water partition coefficient (Wildman–Crippen LogP) is 0.209. The van der Waals surface area contributed by atoms with Gasteiger partial charge < -0.3 is 14.2 Å². The highest BCUT2D eigenvalue weighted by molar-refractivity contribution is 7.71. The number of rotatable bonds is 5. The lowest BCUT2D eigenvalue weighted by atomic mass is 10.2. The minimum Gasteiger partial charge on any atom is -0.409 e. The molecule has 26 heavy (non-hydrogen) atoms. The summed E-state index contributed by atoms with van der Waals surface area (Å²) in [4.78, 5) is 7.59. The average Bonchev–Trinajstić information content (AvgIpc) is 3.05. The Morgan fingerprint density at radius 1 is 0.962 bits per heavy atom. The number of hydrogen-bond acceptors (Lipinski definition) is 4. The Morgan fingerprint density at radius 3 is 2.38 bits per heavy atom. The molecule has 134 valence electrons. The molecule has 4 rings (SSSR count). The lowest BCUT2D eigenvalue weighted by Crippen LogP contribution is -3.27. The normalized spacial score (nSPS) is 20.2. The van der Waals surface area contributed by atoms with Gasteiger partial charge in [0, 0.05) is 23.5 Å². The van der Waals surface area contributed by atoms with Crippen LogP contribution in [0, 0.1) is 4.84 Å². The smallest absolute Gasteiger partial charge is 0.292 e. The van der Waals surface area contributed by atoms with E-state index in [1.54, 1.807) is 17.3 Å². The number of piperazine rings is 1. The van der Waals surface area contributed by atoms with Gasteiger partial charge >= 0.3 is 0 Å². The van der Waals surface area contributed by atoms with Crippen molar-refractivity contribution in [3.63, 3.8) is 0 Å². The number of nitrogens with one attached hydrogen (secondary N) is 2. The summed E-state index contributed by atoms with van der Waals surface area (Å²) in [5.41, 5.74) is 2.31. The second kappa shape index (κ2) is 7.90. The maximum absolute atomic E-state index is 5.66. The molecule has 7 heteroatoms. The van der Waals surface area contributed by atoms with Gasteiger partial charge in [0.25, 0.3) is 4.84 Å². The first-order chi connectivity index (χ1) is 12.8. The van der Waals surface area contributed by atoms with Gasteiger partial charge in [0.2, 0.25) is 5.89 Å². The van der Waals surface area contributed by atoms with Crippen molar-refractivity contribution < 1.29 is 14.2 Å². The van der Waals surface area contributed by atoms with Crippen molar-refractivity contribution in [1.29, 1.82) is 0 Å². The van der Waals surface area contributed by atoms with Crippen LogP contribution >= 0.6 is 12.2 Å². The molecular weight excluding hydrogens is 346 g/mol. The van der Waals surface area contributed by atoms with Crippen LogP contribution in [-0.2, 0) is 13.2 Å². The lowest BCUT2D eigenvalue weighted by Gasteiger charge is -2.29. The van der Waals surface area contributed by atoms with Crippen molar-refractivity contribution in [3.8, 4) is 11.5 Å². The second-order valence-corrected chi connectivity index (χ2v) is 7.08. The summed E-state index contributed by atoms with van der Waals surface area (Å²) in [6.45, 7) is 6.40. The van der Waals surface area contributed by atoms with E-state index in [2.05, 4.69) is 40.4 Å². The SMILES string of the molecule is S=c1oc(-c2ccncc2)nn1C[NH+]1CC[NH+](Cc2ccccc2)CC1. The number of pyridine rings is 1. The van der Waals surface area contributed by atoms with Crippen LogP contribution in [0.25, 0.3) is 11.5 Å². The van der Waals surface area contributed by atoms with Crippen LogP contribution in [0.15, 0.2) is 59.3 Å². The Morgan fingerprint density at radius 2 is 1.65 bits per heavy atom. The summed E-state index contributed by atoms with van der Waals surface area (Å²) < 4.78 is 7.47. The minimum atomic E-state index is 0.434. The molecule has 3 aromatic rings. The topological polar surface area (TPSA) is 52.7 Å². The van der Waals surface area contributed by atoms with E-state index in [4.69, 9.17) is 16.6 Å². The average molecular weight is 369 g/mol. The number of quaternary nitrogens is 2. The summed E-state index contributed by atoms with van der Waals surface area (Å²) in [5.74, 6) is 0.560. The molecule has 1 fully saturated rings. The summed E-state index contributed by atoms with van der Waals surface area (Å²) in [7, 11) is 0. The largest absolute Gasteiger partial charge is 0.409 e. The molecule has 0 atom stereocenters. The van der Waals surface area contributed by atoms with Crippen molar-refractivity contribution in [1.82, 2.24) is 14.8 Å². The third-order valence-electron chi connectivity index (χ3n) is 4.87. The molecular formula is C19H23N5OS+2. The summed E-state index contributed by atoms with van der Waals surface area (Å²) in [6, 6.07) is 14.5. The third kappa shape index (κ3) is 4.07. The first-order valence-corrected chi connectivity index (χ1v) is 9.38. The van der Waals surface area contributed by atoms with E-state index >= 15 is 0 Å². The molecule has 1 aromatic carbocycles. The van der Waals surface area contributed by atoms with E-state index in [1.807, 2.05) is 16.8 Å². The van der Waals surface area contributed by atoms with Gasteiger partial charge in [0.1, 0.15) is 32.7 Å². The zero-order chi connectivity index (χ0) is 17.8. The number of aromatic nitrogens is 3. The molecule has 2 N–H and O–H groups in total. The molecule has 1 aliphatic rings. The van der Waals surface area contributed by atoms with Gasteiger partial charge in [-0.3, -0.25) is 4.98 Å². The van der Waals surface area contributed by atoms with Crippen molar-refractivity contribution in [2.45, 2.75) is 13.2 Å². The van der Waals surface area contributed by atoms with E-state index in [0.29, 0.717) is 10.7 Å². The third-order valence-corrected chi connectivity index (χ3v) is 5.16. The molecule has 1 aliphatic heterocycles. The van der Waals surface area contributed by atoms with Gasteiger partial charge in [-0.1, -0.05) is 30.3 Å². The maximum Gasteiger partial charge on any atom is 0.292 e. The summed E-state index contributed by atoms with van der Waals surface area (Å²) >= 11 is 5.35. The number of hydrogen-bond donors (Lipinski definition) is 2. The van der Waals surface area contributed by atoms with E-state index in [9.17, 15) is 0 Å². The molecule has 3 heterocycles. The van der Waals surface area contributed by atoms with Crippen LogP contribution in [0.5, 0.6) is 0 Å². The Balaban J connectivity index is 1.35. The van der Waals surface area contributed by atoms with Crippen molar-refractivity contribution >= 4 is 12.2 Å². The Kier molecular flexibility index (Phi) is 5.19. The van der Waals surface area contributed by atoms with E-state index in [1.165, 1.54) is 10.5 Å². The molecule has 0 unspecified atom stereocenters. The summed E-state index contributed by atoms with van der Waals surface area (Å²) in [5, 5.41) is 4.55. The first kappa shape index (κ1) is 17.1. The van der Waals surface area contributed by atoms with Gasteiger partial charge in [-0.15, -0.1) is 5.10 Å². The molecule has 2 aromatic heterocycles. The summed E-state index contributed by atoms with van der Waals surface area (Å²) in [6.07, 6.45) is 3.46. The fourth-order valence-corrected chi connectivity index (χ4v) is 3.59. The highest BCUT2D eigenvalue weighted by Crippen LogP contribution is 2.15. The van der Waals surface area contributed by atoms with Crippen molar-refractivity contribution in [2.75, 3.05) is 26.2 Å². The van der Waals surface area contributed by atoms with E-state index in [0.717, 1.165) is 45.0 Å². The van der Waals surface area contributed by atoms with Gasteiger partial charge in [-0.05, 0) is 24.4 Å². The van der Waals surface area contributed by atoms with Crippen LogP contribution in [0.2, 0.25) is 0 Å². The molecule has 0 radical (unpaired) electrons. The quantitative estimate of drug-likeness (QED) is 0.632. The highest BCUT2D eigenvalue weighted by Gasteiger charge is 2.24. The van der Waals surface area contributed by atoms with Gasteiger partial charge in [-0.2, -0.15) is 4.68 Å². The highest BCUT2D eigenvalue weighted by atomic mass is 32.1. The zero-order valence-electron chi connectivity index (χ0n) is 14.6. The zero-order valence-corrected chi connectivity index (χ0v) is 15.4. The Labute approximate surface area is 157 Å². The van der Waals surface area contributed by atoms with Crippen LogP contribution in [0.1, 0.15) is 5.56 Å². The Hall–Kier alpha value is -2.35.